The fraction of sp³-hybridized carbons (Fsp3) is 0.273. The van der Waals surface area contributed by atoms with Crippen molar-refractivity contribution < 1.29 is 4.39 Å². The van der Waals surface area contributed by atoms with Gasteiger partial charge in [-0.2, -0.15) is 0 Å². The van der Waals surface area contributed by atoms with Crippen molar-refractivity contribution in [2.24, 2.45) is 5.73 Å². The third-order valence-electron chi connectivity index (χ3n) is 1.68. The Bertz CT molecular complexity index is 345. The van der Waals surface area contributed by atoms with Gasteiger partial charge in [-0.25, -0.2) is 4.39 Å². The van der Waals surface area contributed by atoms with E-state index in [0.717, 1.165) is 6.42 Å². The fourth-order valence-electron chi connectivity index (χ4n) is 0.959. The Kier molecular flexibility index (Phi) is 4.45. The highest BCUT2D eigenvalue weighted by atomic mass is 35.5. The van der Waals surface area contributed by atoms with Gasteiger partial charge in [0, 0.05) is 6.42 Å². The number of halogens is 2. The molecule has 0 saturated heterocycles. The summed E-state index contributed by atoms with van der Waals surface area (Å²) in [6, 6.07) is 4.53. The van der Waals surface area contributed by atoms with E-state index in [4.69, 9.17) is 17.3 Å². The van der Waals surface area contributed by atoms with E-state index in [2.05, 4.69) is 11.8 Å². The second-order valence-corrected chi connectivity index (χ2v) is 3.20. The summed E-state index contributed by atoms with van der Waals surface area (Å²) in [5.74, 6) is 5.16. The molecule has 2 N–H and O–H groups in total. The van der Waals surface area contributed by atoms with Crippen molar-refractivity contribution in [2.45, 2.75) is 12.8 Å². The predicted octanol–water partition coefficient (Wildman–Crippen LogP) is 2.57. The van der Waals surface area contributed by atoms with Crippen LogP contribution in [0.2, 0.25) is 5.02 Å². The average Bonchev–Trinajstić information content (AvgIpc) is 2.16. The molecule has 0 amide bonds. The molecule has 14 heavy (non-hydrogen) atoms. The second kappa shape index (κ2) is 5.64. The van der Waals surface area contributed by atoms with Crippen LogP contribution in [0.15, 0.2) is 18.2 Å². The summed E-state index contributed by atoms with van der Waals surface area (Å²) in [6.45, 7) is 0.597. The predicted molar refractivity (Wildman–Crippen MR) is 56.6 cm³/mol. The van der Waals surface area contributed by atoms with E-state index in [1.54, 1.807) is 12.1 Å². The Hall–Kier alpha value is -1.04. The topological polar surface area (TPSA) is 26.0 Å². The molecule has 0 aliphatic rings. The molecule has 1 aromatic rings. The van der Waals surface area contributed by atoms with E-state index >= 15 is 0 Å². The van der Waals surface area contributed by atoms with Crippen molar-refractivity contribution in [3.8, 4) is 11.8 Å². The molecule has 74 valence electrons. The van der Waals surface area contributed by atoms with Crippen LogP contribution < -0.4 is 5.73 Å². The van der Waals surface area contributed by atoms with Gasteiger partial charge in [0.1, 0.15) is 5.82 Å². The van der Waals surface area contributed by atoms with Gasteiger partial charge in [-0.1, -0.05) is 29.5 Å². The Morgan fingerprint density at radius 1 is 1.43 bits per heavy atom. The van der Waals surface area contributed by atoms with Gasteiger partial charge in [-0.15, -0.1) is 0 Å². The summed E-state index contributed by atoms with van der Waals surface area (Å²) in [7, 11) is 0. The maximum absolute atomic E-state index is 13.1. The zero-order chi connectivity index (χ0) is 10.4. The van der Waals surface area contributed by atoms with Crippen LogP contribution in [0.25, 0.3) is 0 Å². The number of rotatable bonds is 2. The van der Waals surface area contributed by atoms with Crippen LogP contribution in [0.1, 0.15) is 18.4 Å². The van der Waals surface area contributed by atoms with Crippen molar-refractivity contribution in [3.63, 3.8) is 0 Å². The number of hydrogen-bond acceptors (Lipinski definition) is 1. The standard InChI is InChI=1S/C11H11ClFN/c12-10-6-4-7-11(13)9(10)5-2-1-3-8-14/h4,6-7H,1,3,8,14H2. The SMILES string of the molecule is NCCCC#Cc1c(F)cccc1Cl. The van der Waals surface area contributed by atoms with Crippen LogP contribution in [0.3, 0.4) is 0 Å². The summed E-state index contributed by atoms with van der Waals surface area (Å²) < 4.78 is 13.1. The van der Waals surface area contributed by atoms with Crippen molar-refractivity contribution in [1.82, 2.24) is 0 Å². The minimum atomic E-state index is -0.377. The van der Waals surface area contributed by atoms with Crippen LogP contribution in [0.5, 0.6) is 0 Å². The lowest BCUT2D eigenvalue weighted by Gasteiger charge is -1.96. The first-order valence-electron chi connectivity index (χ1n) is 4.38. The maximum Gasteiger partial charge on any atom is 0.140 e. The molecule has 0 unspecified atom stereocenters. The summed E-state index contributed by atoms with van der Waals surface area (Å²) in [6.07, 6.45) is 1.49. The summed E-state index contributed by atoms with van der Waals surface area (Å²) in [4.78, 5) is 0. The van der Waals surface area contributed by atoms with E-state index in [9.17, 15) is 4.39 Å². The first-order valence-corrected chi connectivity index (χ1v) is 4.76. The fourth-order valence-corrected chi connectivity index (χ4v) is 1.17. The van der Waals surface area contributed by atoms with Gasteiger partial charge < -0.3 is 5.73 Å². The van der Waals surface area contributed by atoms with Gasteiger partial charge in [0.05, 0.1) is 10.6 Å². The first kappa shape index (κ1) is 11.0. The molecule has 0 saturated carbocycles. The van der Waals surface area contributed by atoms with Gasteiger partial charge in [-0.3, -0.25) is 0 Å². The maximum atomic E-state index is 13.1. The van der Waals surface area contributed by atoms with E-state index in [1.165, 1.54) is 6.07 Å². The normalized spacial score (nSPS) is 9.36. The van der Waals surface area contributed by atoms with Crippen molar-refractivity contribution in [2.75, 3.05) is 6.54 Å². The lowest BCUT2D eigenvalue weighted by Crippen LogP contribution is -1.96. The average molecular weight is 212 g/mol. The van der Waals surface area contributed by atoms with Crippen molar-refractivity contribution >= 4 is 11.6 Å². The molecule has 0 aliphatic heterocycles. The van der Waals surface area contributed by atoms with Gasteiger partial charge in [0.2, 0.25) is 0 Å². The Balaban J connectivity index is 2.78. The summed E-state index contributed by atoms with van der Waals surface area (Å²) >= 11 is 5.78. The first-order chi connectivity index (χ1) is 6.75. The largest absolute Gasteiger partial charge is 0.330 e. The Morgan fingerprint density at radius 2 is 2.21 bits per heavy atom. The van der Waals surface area contributed by atoms with Crippen molar-refractivity contribution in [1.29, 1.82) is 0 Å². The molecule has 1 aromatic carbocycles. The second-order valence-electron chi connectivity index (χ2n) is 2.79. The lowest BCUT2D eigenvalue weighted by molar-refractivity contribution is 0.624. The third kappa shape index (κ3) is 3.02. The molecule has 0 aliphatic carbocycles. The van der Waals surface area contributed by atoms with Crippen LogP contribution in [-0.4, -0.2) is 6.54 Å². The van der Waals surface area contributed by atoms with Gasteiger partial charge in [0.15, 0.2) is 0 Å². The number of benzene rings is 1. The zero-order valence-corrected chi connectivity index (χ0v) is 8.44. The molecule has 0 radical (unpaired) electrons. The van der Waals surface area contributed by atoms with E-state index in [1.807, 2.05) is 0 Å². The molecule has 0 atom stereocenters. The zero-order valence-electron chi connectivity index (χ0n) is 7.69. The molecule has 0 fully saturated rings. The van der Waals surface area contributed by atoms with E-state index in [0.29, 0.717) is 18.0 Å². The molecule has 0 heterocycles. The van der Waals surface area contributed by atoms with Crippen LogP contribution in [0, 0.1) is 17.7 Å². The van der Waals surface area contributed by atoms with Crippen LogP contribution in [-0.2, 0) is 0 Å². The minimum absolute atomic E-state index is 0.270. The molecular weight excluding hydrogens is 201 g/mol. The Labute approximate surface area is 88.1 Å². The molecule has 0 bridgehead atoms. The molecular formula is C11H11ClFN. The third-order valence-corrected chi connectivity index (χ3v) is 2.00. The number of nitrogens with two attached hydrogens (primary N) is 1. The highest BCUT2D eigenvalue weighted by Crippen LogP contribution is 2.17. The monoisotopic (exact) mass is 211 g/mol. The van der Waals surface area contributed by atoms with E-state index < -0.39 is 0 Å². The lowest BCUT2D eigenvalue weighted by atomic mass is 10.2. The number of unbranched alkanes of at least 4 members (excludes halogenated alkanes) is 1. The molecule has 1 rings (SSSR count). The summed E-state index contributed by atoms with van der Waals surface area (Å²) in [5.41, 5.74) is 5.57. The smallest absolute Gasteiger partial charge is 0.140 e. The minimum Gasteiger partial charge on any atom is -0.330 e. The van der Waals surface area contributed by atoms with Crippen LogP contribution in [0.4, 0.5) is 4.39 Å². The highest BCUT2D eigenvalue weighted by molar-refractivity contribution is 6.31. The van der Waals surface area contributed by atoms with Crippen LogP contribution >= 0.6 is 11.6 Å². The molecule has 0 spiro atoms. The highest BCUT2D eigenvalue weighted by Gasteiger charge is 2.02. The van der Waals surface area contributed by atoms with E-state index in [-0.39, 0.29) is 11.4 Å². The quantitative estimate of drug-likeness (QED) is 0.591. The van der Waals surface area contributed by atoms with Gasteiger partial charge in [0.25, 0.3) is 0 Å². The van der Waals surface area contributed by atoms with Gasteiger partial charge >= 0.3 is 0 Å². The van der Waals surface area contributed by atoms with Gasteiger partial charge in [-0.05, 0) is 25.1 Å². The Morgan fingerprint density at radius 3 is 2.86 bits per heavy atom. The van der Waals surface area contributed by atoms with Crippen molar-refractivity contribution in [3.05, 3.63) is 34.6 Å². The molecule has 1 nitrogen and oxygen atoms in total. The number of hydrogen-bond donors (Lipinski definition) is 1. The molecule has 0 aromatic heterocycles. The summed E-state index contributed by atoms with van der Waals surface area (Å²) in [5, 5.41) is 0.352. The molecule has 3 heteroatoms.